The Morgan fingerprint density at radius 2 is 1.50 bits per heavy atom. The molecule has 0 atom stereocenters. The third-order valence-electron chi connectivity index (χ3n) is 5.13. The van der Waals surface area contributed by atoms with E-state index in [1.807, 2.05) is 68.6 Å². The molecule has 5 rings (SSSR count). The molecule has 2 aromatic heterocycles. The minimum atomic E-state index is -0.0689. The fourth-order valence-corrected chi connectivity index (χ4v) is 3.71. The number of likely N-dealkylation sites (N-methyl/N-ethyl adjacent to an activating group) is 1. The summed E-state index contributed by atoms with van der Waals surface area (Å²) < 4.78 is 0. The van der Waals surface area contributed by atoms with Gasteiger partial charge in [0, 0.05) is 31.2 Å². The number of carbonyl (C=O) groups excluding carboxylic acids is 1. The fraction of sp³-hybridized carbons (Fsp3) is 0.182. The van der Waals surface area contributed by atoms with Crippen molar-refractivity contribution in [3.05, 3.63) is 65.9 Å². The van der Waals surface area contributed by atoms with Crippen molar-refractivity contribution in [1.82, 2.24) is 15.0 Å². The molecule has 6 heteroatoms. The molecule has 0 spiro atoms. The zero-order chi connectivity index (χ0) is 19.3. The summed E-state index contributed by atoms with van der Waals surface area (Å²) in [4.78, 5) is 31.5. The van der Waals surface area contributed by atoms with Crippen molar-refractivity contribution in [2.75, 3.05) is 29.9 Å². The average molecular weight is 369 g/mol. The SMILES string of the molecule is Cc1cc(C(=O)N2CCN(C)c3nc4ccccc4nc32)c2ccccc2n1. The minimum absolute atomic E-state index is 0.0689. The van der Waals surface area contributed by atoms with E-state index in [4.69, 9.17) is 9.97 Å². The molecule has 0 aliphatic carbocycles. The predicted octanol–water partition coefficient (Wildman–Crippen LogP) is 3.58. The maximum absolute atomic E-state index is 13.6. The van der Waals surface area contributed by atoms with Crippen molar-refractivity contribution in [2.45, 2.75) is 6.92 Å². The van der Waals surface area contributed by atoms with Gasteiger partial charge in [-0.2, -0.15) is 0 Å². The van der Waals surface area contributed by atoms with Gasteiger partial charge in [-0.25, -0.2) is 9.97 Å². The Balaban J connectivity index is 1.68. The topological polar surface area (TPSA) is 62.2 Å². The number of anilines is 2. The van der Waals surface area contributed by atoms with Gasteiger partial charge >= 0.3 is 0 Å². The summed E-state index contributed by atoms with van der Waals surface area (Å²) in [6, 6.07) is 17.3. The number of pyridine rings is 1. The highest BCUT2D eigenvalue weighted by Crippen LogP contribution is 2.32. The predicted molar refractivity (Wildman–Crippen MR) is 111 cm³/mol. The van der Waals surface area contributed by atoms with Crippen molar-refractivity contribution in [3.8, 4) is 0 Å². The summed E-state index contributed by atoms with van der Waals surface area (Å²) in [6.07, 6.45) is 0. The molecule has 0 saturated carbocycles. The van der Waals surface area contributed by atoms with Crippen LogP contribution in [0.5, 0.6) is 0 Å². The Kier molecular flexibility index (Phi) is 3.72. The Labute approximate surface area is 162 Å². The summed E-state index contributed by atoms with van der Waals surface area (Å²) in [5.74, 6) is 1.27. The van der Waals surface area contributed by atoms with Crippen molar-refractivity contribution >= 4 is 39.5 Å². The zero-order valence-corrected chi connectivity index (χ0v) is 15.8. The molecule has 0 bridgehead atoms. The fourth-order valence-electron chi connectivity index (χ4n) is 3.71. The number of rotatable bonds is 1. The molecule has 0 unspecified atom stereocenters. The molecule has 2 aromatic carbocycles. The second-order valence-corrected chi connectivity index (χ2v) is 7.07. The van der Waals surface area contributed by atoms with Gasteiger partial charge in [0.15, 0.2) is 11.6 Å². The van der Waals surface area contributed by atoms with Crippen LogP contribution in [0.25, 0.3) is 21.9 Å². The molecule has 4 aromatic rings. The van der Waals surface area contributed by atoms with Gasteiger partial charge in [-0.15, -0.1) is 0 Å². The van der Waals surface area contributed by atoms with Crippen LogP contribution >= 0.6 is 0 Å². The molecule has 0 radical (unpaired) electrons. The van der Waals surface area contributed by atoms with E-state index in [2.05, 4.69) is 9.88 Å². The summed E-state index contributed by atoms with van der Waals surface area (Å²) in [6.45, 7) is 3.17. The maximum Gasteiger partial charge on any atom is 0.260 e. The van der Waals surface area contributed by atoms with Crippen LogP contribution in [0.4, 0.5) is 11.6 Å². The second kappa shape index (κ2) is 6.27. The highest BCUT2D eigenvalue weighted by atomic mass is 16.2. The van der Waals surface area contributed by atoms with Crippen LogP contribution < -0.4 is 9.80 Å². The summed E-state index contributed by atoms with van der Waals surface area (Å²) in [7, 11) is 1.98. The number of para-hydroxylation sites is 3. The number of hydrogen-bond acceptors (Lipinski definition) is 5. The molecule has 0 saturated heterocycles. The van der Waals surface area contributed by atoms with E-state index in [0.717, 1.165) is 33.4 Å². The maximum atomic E-state index is 13.6. The van der Waals surface area contributed by atoms with E-state index >= 15 is 0 Å². The van der Waals surface area contributed by atoms with Gasteiger partial charge in [-0.3, -0.25) is 14.7 Å². The summed E-state index contributed by atoms with van der Waals surface area (Å²) in [5.41, 5.74) is 3.90. The molecule has 1 aliphatic rings. The number of amides is 1. The largest absolute Gasteiger partial charge is 0.355 e. The van der Waals surface area contributed by atoms with Gasteiger partial charge in [0.1, 0.15) is 0 Å². The number of carbonyl (C=O) groups is 1. The van der Waals surface area contributed by atoms with E-state index in [1.54, 1.807) is 4.90 Å². The average Bonchev–Trinajstić information content (AvgIpc) is 2.72. The number of hydrogen-bond donors (Lipinski definition) is 0. The molecular weight excluding hydrogens is 350 g/mol. The van der Waals surface area contributed by atoms with E-state index < -0.39 is 0 Å². The molecule has 28 heavy (non-hydrogen) atoms. The van der Waals surface area contributed by atoms with Crippen molar-refractivity contribution in [3.63, 3.8) is 0 Å². The Bertz CT molecular complexity index is 1240. The lowest BCUT2D eigenvalue weighted by Gasteiger charge is -2.34. The van der Waals surface area contributed by atoms with E-state index in [-0.39, 0.29) is 5.91 Å². The first-order valence-corrected chi connectivity index (χ1v) is 9.28. The molecule has 0 N–H and O–H groups in total. The van der Waals surface area contributed by atoms with Crippen LogP contribution in [0.15, 0.2) is 54.6 Å². The van der Waals surface area contributed by atoms with Gasteiger partial charge < -0.3 is 4.90 Å². The van der Waals surface area contributed by atoms with Gasteiger partial charge in [-0.05, 0) is 31.2 Å². The monoisotopic (exact) mass is 369 g/mol. The Morgan fingerprint density at radius 3 is 2.25 bits per heavy atom. The number of benzene rings is 2. The number of aryl methyl sites for hydroxylation is 1. The van der Waals surface area contributed by atoms with Gasteiger partial charge in [-0.1, -0.05) is 30.3 Å². The smallest absolute Gasteiger partial charge is 0.260 e. The van der Waals surface area contributed by atoms with Crippen LogP contribution in [0.1, 0.15) is 16.1 Å². The Hall–Kier alpha value is -3.54. The molecule has 3 heterocycles. The third kappa shape index (κ3) is 2.57. The molecule has 6 nitrogen and oxygen atoms in total. The molecular formula is C22H19N5O. The van der Waals surface area contributed by atoms with E-state index in [0.29, 0.717) is 24.5 Å². The van der Waals surface area contributed by atoms with Crippen LogP contribution in [-0.2, 0) is 0 Å². The molecule has 1 amide bonds. The molecule has 0 fully saturated rings. The standard InChI is InChI=1S/C22H19N5O/c1-14-13-16(15-7-3-4-8-17(15)23-14)22(28)27-12-11-26(2)20-21(27)25-19-10-6-5-9-18(19)24-20/h3-10,13H,11-12H2,1-2H3. The van der Waals surface area contributed by atoms with Crippen molar-refractivity contribution < 1.29 is 4.79 Å². The van der Waals surface area contributed by atoms with Crippen LogP contribution in [0.2, 0.25) is 0 Å². The highest BCUT2D eigenvalue weighted by molar-refractivity contribution is 6.14. The van der Waals surface area contributed by atoms with E-state index in [9.17, 15) is 4.79 Å². The minimum Gasteiger partial charge on any atom is -0.355 e. The lowest BCUT2D eigenvalue weighted by atomic mass is 10.1. The number of aromatic nitrogens is 3. The summed E-state index contributed by atoms with van der Waals surface area (Å²) in [5, 5.41) is 0.854. The van der Waals surface area contributed by atoms with Crippen molar-refractivity contribution in [1.29, 1.82) is 0 Å². The van der Waals surface area contributed by atoms with Crippen LogP contribution in [-0.4, -0.2) is 41.0 Å². The van der Waals surface area contributed by atoms with Gasteiger partial charge in [0.2, 0.25) is 0 Å². The highest BCUT2D eigenvalue weighted by Gasteiger charge is 2.30. The summed E-state index contributed by atoms with van der Waals surface area (Å²) >= 11 is 0. The first-order chi connectivity index (χ1) is 13.6. The molecule has 1 aliphatic heterocycles. The Morgan fingerprint density at radius 1 is 0.857 bits per heavy atom. The van der Waals surface area contributed by atoms with Crippen LogP contribution in [0.3, 0.4) is 0 Å². The molecule has 138 valence electrons. The van der Waals surface area contributed by atoms with Gasteiger partial charge in [0.05, 0.1) is 22.1 Å². The lowest BCUT2D eigenvalue weighted by molar-refractivity contribution is 0.0987. The normalized spacial score (nSPS) is 13.8. The number of fused-ring (bicyclic) bond motifs is 3. The first kappa shape index (κ1) is 16.6. The lowest BCUT2D eigenvalue weighted by Crippen LogP contribution is -2.44. The quantitative estimate of drug-likeness (QED) is 0.513. The van der Waals surface area contributed by atoms with Gasteiger partial charge in [0.25, 0.3) is 5.91 Å². The zero-order valence-electron chi connectivity index (χ0n) is 15.8. The number of nitrogens with zero attached hydrogens (tertiary/aromatic N) is 5. The van der Waals surface area contributed by atoms with Crippen molar-refractivity contribution in [2.24, 2.45) is 0 Å². The third-order valence-corrected chi connectivity index (χ3v) is 5.13. The second-order valence-electron chi connectivity index (χ2n) is 7.07. The van der Waals surface area contributed by atoms with Crippen LogP contribution in [0, 0.1) is 6.92 Å². The first-order valence-electron chi connectivity index (χ1n) is 9.28. The van der Waals surface area contributed by atoms with E-state index in [1.165, 1.54) is 0 Å².